The summed E-state index contributed by atoms with van der Waals surface area (Å²) < 4.78 is 7.85. The number of aromatic nitrogens is 3. The second-order valence-corrected chi connectivity index (χ2v) is 4.81. The summed E-state index contributed by atoms with van der Waals surface area (Å²) in [7, 11) is 0. The van der Waals surface area contributed by atoms with Crippen LogP contribution >= 0.6 is 15.9 Å². The molecule has 94 valence electrons. The van der Waals surface area contributed by atoms with Gasteiger partial charge in [-0.15, -0.1) is 0 Å². The van der Waals surface area contributed by atoms with E-state index in [0.29, 0.717) is 29.2 Å². The van der Waals surface area contributed by atoms with Gasteiger partial charge in [0.25, 0.3) is 0 Å². The summed E-state index contributed by atoms with van der Waals surface area (Å²) in [5.41, 5.74) is 1.10. The molecule has 1 aliphatic heterocycles. The molecule has 7 heteroatoms. The lowest BCUT2D eigenvalue weighted by Crippen LogP contribution is -2.37. The van der Waals surface area contributed by atoms with Crippen molar-refractivity contribution in [3.63, 3.8) is 0 Å². The molecule has 0 unspecified atom stereocenters. The van der Waals surface area contributed by atoms with Crippen LogP contribution in [0.1, 0.15) is 10.5 Å². The maximum atomic E-state index is 10.8. The molecule has 0 spiro atoms. The Labute approximate surface area is 112 Å². The number of nitrogens with zero attached hydrogens (tertiary/aromatic N) is 4. The Morgan fingerprint density at radius 3 is 2.78 bits per heavy atom. The molecule has 3 rings (SSSR count). The van der Waals surface area contributed by atoms with Gasteiger partial charge in [0.1, 0.15) is 10.3 Å². The van der Waals surface area contributed by atoms with Crippen molar-refractivity contribution in [1.29, 1.82) is 0 Å². The third-order valence-electron chi connectivity index (χ3n) is 2.84. The zero-order valence-electron chi connectivity index (χ0n) is 9.54. The number of aldehydes is 1. The van der Waals surface area contributed by atoms with Crippen molar-refractivity contribution in [2.24, 2.45) is 0 Å². The molecule has 0 amide bonds. The largest absolute Gasteiger partial charge is 0.378 e. The van der Waals surface area contributed by atoms with Crippen LogP contribution in [-0.2, 0) is 4.74 Å². The van der Waals surface area contributed by atoms with Crippen molar-refractivity contribution >= 4 is 33.7 Å². The lowest BCUT2D eigenvalue weighted by molar-refractivity contribution is 0.111. The number of ether oxygens (including phenoxy) is 1. The van der Waals surface area contributed by atoms with Crippen molar-refractivity contribution < 1.29 is 9.53 Å². The summed E-state index contributed by atoms with van der Waals surface area (Å²) in [6.45, 7) is 2.92. The van der Waals surface area contributed by atoms with E-state index in [1.165, 1.54) is 0 Å². The van der Waals surface area contributed by atoms with Crippen molar-refractivity contribution in [2.45, 2.75) is 0 Å². The summed E-state index contributed by atoms with van der Waals surface area (Å²) in [6, 6.07) is 0. The molecule has 1 saturated heterocycles. The SMILES string of the molecule is O=Cc1cn2cc(Br)nc(N3CCOCC3)c2n1. The number of fused-ring (bicyclic) bond motifs is 1. The maximum Gasteiger partial charge on any atom is 0.181 e. The molecular weight excluding hydrogens is 300 g/mol. The van der Waals surface area contributed by atoms with Crippen LogP contribution in [0, 0.1) is 0 Å². The molecule has 18 heavy (non-hydrogen) atoms. The Kier molecular flexibility index (Phi) is 3.00. The van der Waals surface area contributed by atoms with Gasteiger partial charge in [0.05, 0.1) is 13.2 Å². The molecule has 0 bridgehead atoms. The fourth-order valence-corrected chi connectivity index (χ4v) is 2.40. The number of halogens is 1. The first kappa shape index (κ1) is 11.6. The van der Waals surface area contributed by atoms with Gasteiger partial charge in [0.15, 0.2) is 17.8 Å². The van der Waals surface area contributed by atoms with Crippen LogP contribution in [0.4, 0.5) is 5.82 Å². The van der Waals surface area contributed by atoms with E-state index in [1.54, 1.807) is 12.4 Å². The molecule has 3 heterocycles. The van der Waals surface area contributed by atoms with Crippen molar-refractivity contribution in [1.82, 2.24) is 14.4 Å². The smallest absolute Gasteiger partial charge is 0.181 e. The number of carbonyl (C=O) groups is 1. The van der Waals surface area contributed by atoms with E-state index < -0.39 is 0 Å². The first-order chi connectivity index (χ1) is 8.78. The molecule has 0 N–H and O–H groups in total. The third-order valence-corrected chi connectivity index (χ3v) is 3.22. The van der Waals surface area contributed by atoms with Gasteiger partial charge in [-0.1, -0.05) is 0 Å². The maximum absolute atomic E-state index is 10.8. The first-order valence-corrected chi connectivity index (χ1v) is 6.40. The van der Waals surface area contributed by atoms with Crippen LogP contribution in [0.25, 0.3) is 5.65 Å². The number of morpholine rings is 1. The molecule has 2 aromatic heterocycles. The molecule has 0 aliphatic carbocycles. The van der Waals surface area contributed by atoms with Crippen molar-refractivity contribution in [3.05, 3.63) is 22.7 Å². The van der Waals surface area contributed by atoms with E-state index in [-0.39, 0.29) is 0 Å². The minimum atomic E-state index is 0.407. The van der Waals surface area contributed by atoms with E-state index in [4.69, 9.17) is 4.74 Å². The Morgan fingerprint density at radius 2 is 2.06 bits per heavy atom. The van der Waals surface area contributed by atoms with Crippen LogP contribution in [0.15, 0.2) is 17.0 Å². The van der Waals surface area contributed by atoms with Gasteiger partial charge >= 0.3 is 0 Å². The van der Waals surface area contributed by atoms with E-state index in [2.05, 4.69) is 30.8 Å². The van der Waals surface area contributed by atoms with Crippen molar-refractivity contribution in [2.75, 3.05) is 31.2 Å². The highest BCUT2D eigenvalue weighted by Gasteiger charge is 2.18. The Balaban J connectivity index is 2.13. The first-order valence-electron chi connectivity index (χ1n) is 5.61. The van der Waals surface area contributed by atoms with Gasteiger partial charge in [-0.05, 0) is 15.9 Å². The van der Waals surface area contributed by atoms with Crippen molar-refractivity contribution in [3.8, 4) is 0 Å². The zero-order valence-corrected chi connectivity index (χ0v) is 11.1. The number of carbonyl (C=O) groups excluding carboxylic acids is 1. The van der Waals surface area contributed by atoms with E-state index >= 15 is 0 Å². The average molecular weight is 311 g/mol. The van der Waals surface area contributed by atoms with Gasteiger partial charge in [0.2, 0.25) is 0 Å². The van der Waals surface area contributed by atoms with Crippen LogP contribution in [0.5, 0.6) is 0 Å². The van der Waals surface area contributed by atoms with E-state index in [1.807, 2.05) is 4.40 Å². The number of rotatable bonds is 2. The summed E-state index contributed by atoms with van der Waals surface area (Å²) in [4.78, 5) is 21.7. The molecule has 6 nitrogen and oxygen atoms in total. The summed E-state index contributed by atoms with van der Waals surface area (Å²) >= 11 is 3.38. The highest BCUT2D eigenvalue weighted by atomic mass is 79.9. The van der Waals surface area contributed by atoms with Gasteiger partial charge in [-0.25, -0.2) is 9.97 Å². The lowest BCUT2D eigenvalue weighted by Gasteiger charge is -2.27. The Hall–Kier alpha value is -1.47. The van der Waals surface area contributed by atoms with E-state index in [9.17, 15) is 4.79 Å². The van der Waals surface area contributed by atoms with Crippen LogP contribution in [-0.4, -0.2) is 47.0 Å². The molecular formula is C11H11BrN4O2. The normalized spacial score (nSPS) is 16.2. The quantitative estimate of drug-likeness (QED) is 0.779. The third kappa shape index (κ3) is 1.99. The molecule has 2 aromatic rings. The second kappa shape index (κ2) is 4.66. The second-order valence-electron chi connectivity index (χ2n) is 4.00. The molecule has 0 radical (unpaired) electrons. The van der Waals surface area contributed by atoms with Gasteiger partial charge in [-0.3, -0.25) is 4.79 Å². The summed E-state index contributed by atoms with van der Waals surface area (Å²) in [5, 5.41) is 0. The molecule has 1 aliphatic rings. The molecule has 0 atom stereocenters. The van der Waals surface area contributed by atoms with E-state index in [0.717, 1.165) is 25.2 Å². The van der Waals surface area contributed by atoms with Crippen LogP contribution in [0.3, 0.4) is 0 Å². The highest BCUT2D eigenvalue weighted by Crippen LogP contribution is 2.22. The van der Waals surface area contributed by atoms with Crippen LogP contribution in [0.2, 0.25) is 0 Å². The molecule has 1 fully saturated rings. The van der Waals surface area contributed by atoms with Gasteiger partial charge in [0, 0.05) is 25.5 Å². The van der Waals surface area contributed by atoms with Crippen LogP contribution < -0.4 is 4.90 Å². The number of imidazole rings is 1. The van der Waals surface area contributed by atoms with Gasteiger partial charge < -0.3 is 14.0 Å². The molecule has 0 aromatic carbocycles. The number of hydrogen-bond acceptors (Lipinski definition) is 5. The average Bonchev–Trinajstić information content (AvgIpc) is 2.81. The topological polar surface area (TPSA) is 59.7 Å². The highest BCUT2D eigenvalue weighted by molar-refractivity contribution is 9.10. The number of hydrogen-bond donors (Lipinski definition) is 0. The standard InChI is InChI=1S/C11H11BrN4O2/c12-9-6-16-5-8(7-17)13-10(16)11(14-9)15-1-3-18-4-2-15/h5-7H,1-4H2. The predicted molar refractivity (Wildman–Crippen MR) is 69.1 cm³/mol. The predicted octanol–water partition coefficient (Wildman–Crippen LogP) is 1.14. The minimum Gasteiger partial charge on any atom is -0.378 e. The fourth-order valence-electron chi connectivity index (χ4n) is 2.02. The molecule has 0 saturated carbocycles. The minimum absolute atomic E-state index is 0.407. The monoisotopic (exact) mass is 310 g/mol. The number of anilines is 1. The zero-order chi connectivity index (χ0) is 12.5. The van der Waals surface area contributed by atoms with Gasteiger partial charge in [-0.2, -0.15) is 0 Å². The Morgan fingerprint density at radius 1 is 1.28 bits per heavy atom. The Bertz CT molecular complexity index is 592. The lowest BCUT2D eigenvalue weighted by atomic mass is 10.4. The summed E-state index contributed by atoms with van der Waals surface area (Å²) in [6.07, 6.45) is 4.22. The fraction of sp³-hybridized carbons (Fsp3) is 0.364. The summed E-state index contributed by atoms with van der Waals surface area (Å²) in [5.74, 6) is 0.778.